The van der Waals surface area contributed by atoms with Crippen molar-refractivity contribution >= 4 is 57.4 Å². The summed E-state index contributed by atoms with van der Waals surface area (Å²) in [5.41, 5.74) is 6.00. The third-order valence-corrected chi connectivity index (χ3v) is 1.31. The van der Waals surface area contributed by atoms with Crippen LogP contribution in [0.1, 0.15) is 5.69 Å². The van der Waals surface area contributed by atoms with Gasteiger partial charge in [-0.15, -0.1) is 0 Å². The number of carbonyl (C=O) groups is 1. The maximum Gasteiger partial charge on any atom is 0.320 e. The molecule has 0 bridgehead atoms. The minimum absolute atomic E-state index is 0. The van der Waals surface area contributed by atoms with Crippen molar-refractivity contribution < 1.29 is 9.90 Å². The van der Waals surface area contributed by atoms with Crippen molar-refractivity contribution in [2.45, 2.75) is 12.5 Å². The number of aromatic nitrogens is 2. The van der Waals surface area contributed by atoms with Gasteiger partial charge < -0.3 is 15.8 Å². The first-order valence-electron chi connectivity index (χ1n) is 3.16. The van der Waals surface area contributed by atoms with Crippen molar-refractivity contribution in [2.75, 3.05) is 0 Å². The number of hydrogen-bond acceptors (Lipinski definition) is 3. The van der Waals surface area contributed by atoms with Crippen LogP contribution in [0.4, 0.5) is 0 Å². The van der Waals surface area contributed by atoms with E-state index in [2.05, 4.69) is 9.97 Å². The average Bonchev–Trinajstić information content (AvgIpc) is 2.39. The summed E-state index contributed by atoms with van der Waals surface area (Å²) in [6.07, 6.45) is 3.34. The van der Waals surface area contributed by atoms with Crippen LogP contribution in [0.5, 0.6) is 0 Å². The van der Waals surface area contributed by atoms with Gasteiger partial charge in [-0.2, -0.15) is 0 Å². The number of nitrogens with zero attached hydrogens (tertiary/aromatic N) is 1. The zero-order valence-electron chi connectivity index (χ0n) is 6.82. The molecule has 12 heavy (non-hydrogen) atoms. The van der Waals surface area contributed by atoms with E-state index in [1.165, 1.54) is 6.33 Å². The summed E-state index contributed by atoms with van der Waals surface area (Å²) in [7, 11) is 0. The van der Waals surface area contributed by atoms with Gasteiger partial charge in [-0.3, -0.25) is 4.79 Å². The number of carboxylic acid groups (broad SMARTS) is 1. The van der Waals surface area contributed by atoms with Crippen LogP contribution in [-0.4, -0.2) is 78.5 Å². The van der Waals surface area contributed by atoms with Crippen LogP contribution in [0, 0.1) is 0 Å². The molecule has 0 amide bonds. The zero-order chi connectivity index (χ0) is 8.27. The second kappa shape index (κ2) is 5.84. The molecule has 0 aliphatic heterocycles. The van der Waals surface area contributed by atoms with E-state index in [-0.39, 0.29) is 57.8 Å². The monoisotopic (exact) mass is 194 g/mol. The Morgan fingerprint density at radius 1 is 1.83 bits per heavy atom. The summed E-state index contributed by atoms with van der Waals surface area (Å²) >= 11 is 0. The molecule has 61 valence electrons. The van der Waals surface area contributed by atoms with E-state index in [0.29, 0.717) is 0 Å². The summed E-state index contributed by atoms with van der Waals surface area (Å²) in [4.78, 5) is 16.8. The van der Waals surface area contributed by atoms with Crippen molar-refractivity contribution in [1.29, 1.82) is 0 Å². The average molecular weight is 194 g/mol. The molecule has 0 aromatic carbocycles. The first-order chi connectivity index (χ1) is 5.20. The smallest absolute Gasteiger partial charge is 0.320 e. The number of aliphatic carboxylic acids is 1. The molecular weight excluding hydrogens is 185 g/mol. The van der Waals surface area contributed by atoms with Gasteiger partial charge in [-0.25, -0.2) is 4.98 Å². The molecule has 0 saturated carbocycles. The molecular formula is C6H9KN3O2. The Labute approximate surface area is 112 Å². The number of nitrogens with two attached hydrogens (primary N) is 1. The Morgan fingerprint density at radius 3 is 2.92 bits per heavy atom. The van der Waals surface area contributed by atoms with E-state index in [0.717, 1.165) is 5.69 Å². The van der Waals surface area contributed by atoms with E-state index in [1.807, 2.05) is 0 Å². The van der Waals surface area contributed by atoms with Crippen molar-refractivity contribution in [3.05, 3.63) is 18.2 Å². The number of rotatable bonds is 3. The maximum atomic E-state index is 10.3. The molecule has 1 radical (unpaired) electrons. The molecule has 4 N–H and O–H groups in total. The van der Waals surface area contributed by atoms with Crippen LogP contribution in [0.2, 0.25) is 0 Å². The second-order valence-corrected chi connectivity index (χ2v) is 2.23. The number of H-pyrrole nitrogens is 1. The third kappa shape index (κ3) is 3.79. The number of aromatic amines is 1. The molecule has 6 heteroatoms. The van der Waals surface area contributed by atoms with Gasteiger partial charge in [-0.1, -0.05) is 0 Å². The number of carboxylic acids is 1. The predicted octanol–water partition coefficient (Wildman–Crippen LogP) is -1.02. The Balaban J connectivity index is 0.00000121. The SMILES string of the molecule is N[C@@H](Cc1cnc[nH]1)C(=O)O.[K]. The van der Waals surface area contributed by atoms with Crippen LogP contribution in [0.15, 0.2) is 12.5 Å². The summed E-state index contributed by atoms with van der Waals surface area (Å²) in [6, 6.07) is -0.851. The van der Waals surface area contributed by atoms with E-state index in [1.54, 1.807) is 6.20 Å². The molecule has 0 fully saturated rings. The predicted molar refractivity (Wildman–Crippen MR) is 43.7 cm³/mol. The van der Waals surface area contributed by atoms with E-state index in [9.17, 15) is 4.79 Å². The largest absolute Gasteiger partial charge is 0.480 e. The Bertz CT molecular complexity index is 237. The molecule has 1 rings (SSSR count). The van der Waals surface area contributed by atoms with Crippen molar-refractivity contribution in [2.24, 2.45) is 5.73 Å². The summed E-state index contributed by atoms with van der Waals surface area (Å²) in [6.45, 7) is 0. The zero-order valence-corrected chi connectivity index (χ0v) is 9.94. The van der Waals surface area contributed by atoms with Crippen molar-refractivity contribution in [3.8, 4) is 0 Å². The molecule has 1 aromatic rings. The molecule has 0 aliphatic carbocycles. The molecule has 1 aromatic heterocycles. The fraction of sp³-hybridized carbons (Fsp3) is 0.333. The number of hydrogen-bond donors (Lipinski definition) is 3. The quantitative estimate of drug-likeness (QED) is 0.537. The second-order valence-electron chi connectivity index (χ2n) is 2.23. The Hall–Kier alpha value is 0.276. The summed E-state index contributed by atoms with van der Waals surface area (Å²) in [5, 5.41) is 8.42. The van der Waals surface area contributed by atoms with Gasteiger partial charge in [0.15, 0.2) is 0 Å². The van der Waals surface area contributed by atoms with E-state index >= 15 is 0 Å². The molecule has 0 spiro atoms. The normalized spacial score (nSPS) is 11.8. The minimum atomic E-state index is -1.00. The molecule has 0 unspecified atom stereocenters. The van der Waals surface area contributed by atoms with Gasteiger partial charge in [0, 0.05) is 69.7 Å². The number of nitrogens with one attached hydrogen (secondary N) is 1. The summed E-state index contributed by atoms with van der Waals surface area (Å²) < 4.78 is 0. The van der Waals surface area contributed by atoms with Crippen LogP contribution >= 0.6 is 0 Å². The minimum Gasteiger partial charge on any atom is -0.480 e. The first-order valence-corrected chi connectivity index (χ1v) is 3.16. The van der Waals surface area contributed by atoms with Gasteiger partial charge >= 0.3 is 5.97 Å². The fourth-order valence-corrected chi connectivity index (χ4v) is 0.721. The standard InChI is InChI=1S/C6H9N3O2.K/c7-5(6(10)11)1-4-2-8-3-9-4;/h2-3,5H,1,7H2,(H,8,9)(H,10,11);/t5-;/m0./s1. The Morgan fingerprint density at radius 2 is 2.50 bits per heavy atom. The first kappa shape index (κ1) is 12.3. The van der Waals surface area contributed by atoms with Gasteiger partial charge in [0.05, 0.1) is 6.33 Å². The molecule has 0 saturated heterocycles. The van der Waals surface area contributed by atoms with Gasteiger partial charge in [-0.05, 0) is 0 Å². The maximum absolute atomic E-state index is 10.3. The third-order valence-electron chi connectivity index (χ3n) is 1.31. The van der Waals surface area contributed by atoms with Crippen LogP contribution in [0.25, 0.3) is 0 Å². The molecule has 1 heterocycles. The van der Waals surface area contributed by atoms with Gasteiger partial charge in [0.2, 0.25) is 0 Å². The van der Waals surface area contributed by atoms with Crippen LogP contribution in [0.3, 0.4) is 0 Å². The molecule has 0 aliphatic rings. The Kier molecular flexibility index (Phi) is 5.98. The van der Waals surface area contributed by atoms with Crippen molar-refractivity contribution in [1.82, 2.24) is 9.97 Å². The number of imidazole rings is 1. The van der Waals surface area contributed by atoms with Crippen LogP contribution in [-0.2, 0) is 11.2 Å². The van der Waals surface area contributed by atoms with E-state index < -0.39 is 12.0 Å². The topological polar surface area (TPSA) is 92.0 Å². The van der Waals surface area contributed by atoms with Crippen LogP contribution < -0.4 is 5.73 Å². The van der Waals surface area contributed by atoms with Gasteiger partial charge in [0.1, 0.15) is 6.04 Å². The molecule has 1 atom stereocenters. The fourth-order valence-electron chi connectivity index (χ4n) is 0.721. The van der Waals surface area contributed by atoms with Gasteiger partial charge in [0.25, 0.3) is 0 Å². The summed E-state index contributed by atoms with van der Waals surface area (Å²) in [5.74, 6) is -1.00. The van der Waals surface area contributed by atoms with Crippen molar-refractivity contribution in [3.63, 3.8) is 0 Å². The molecule has 5 nitrogen and oxygen atoms in total. The van der Waals surface area contributed by atoms with E-state index in [4.69, 9.17) is 10.8 Å².